The number of fused-ring (bicyclic) bond motifs is 1. The first-order chi connectivity index (χ1) is 10.5. The Hall–Kier alpha value is -1.44. The van der Waals surface area contributed by atoms with Crippen molar-refractivity contribution in [2.24, 2.45) is 0 Å². The Balaban J connectivity index is 1.56. The number of rotatable bonds is 4. The number of anilines is 1. The maximum atomic E-state index is 12.0. The molecule has 0 spiro atoms. The van der Waals surface area contributed by atoms with E-state index in [0.717, 1.165) is 25.2 Å². The van der Waals surface area contributed by atoms with Crippen LogP contribution in [-0.2, 0) is 27.8 Å². The summed E-state index contributed by atoms with van der Waals surface area (Å²) in [4.78, 5) is 12.0. The van der Waals surface area contributed by atoms with Crippen molar-refractivity contribution in [3.05, 3.63) is 29.3 Å². The van der Waals surface area contributed by atoms with Crippen LogP contribution in [0.4, 0.5) is 5.69 Å². The van der Waals surface area contributed by atoms with Gasteiger partial charge in [-0.1, -0.05) is 6.07 Å². The zero-order valence-electron chi connectivity index (χ0n) is 12.5. The average molecular weight is 323 g/mol. The fourth-order valence-corrected chi connectivity index (χ4v) is 4.48. The second-order valence-electron chi connectivity index (χ2n) is 5.78. The Bertz CT molecular complexity index is 673. The molecule has 1 amide bonds. The molecule has 3 rings (SSSR count). The summed E-state index contributed by atoms with van der Waals surface area (Å²) in [7, 11) is -3.12. The summed E-state index contributed by atoms with van der Waals surface area (Å²) in [5, 5.41) is 6.16. The SMILES string of the molecule is O=C(CCN1CCCS1(=O)=O)Nc1ccc2c(c1)CNCC2. The Morgan fingerprint density at radius 2 is 2.18 bits per heavy atom. The van der Waals surface area contributed by atoms with E-state index in [1.54, 1.807) is 0 Å². The lowest BCUT2D eigenvalue weighted by Gasteiger charge is -2.18. The van der Waals surface area contributed by atoms with Gasteiger partial charge in [-0.05, 0) is 42.6 Å². The van der Waals surface area contributed by atoms with Gasteiger partial charge in [0, 0.05) is 31.7 Å². The van der Waals surface area contributed by atoms with Crippen LogP contribution in [0.25, 0.3) is 0 Å². The van der Waals surface area contributed by atoms with Crippen molar-refractivity contribution in [3.63, 3.8) is 0 Å². The van der Waals surface area contributed by atoms with Crippen LogP contribution in [0.1, 0.15) is 24.0 Å². The summed E-state index contributed by atoms with van der Waals surface area (Å²) in [6, 6.07) is 5.96. The van der Waals surface area contributed by atoms with Crippen LogP contribution in [0.5, 0.6) is 0 Å². The van der Waals surface area contributed by atoms with Gasteiger partial charge in [-0.3, -0.25) is 4.79 Å². The number of nitrogens with one attached hydrogen (secondary N) is 2. The minimum atomic E-state index is -3.12. The van der Waals surface area contributed by atoms with Crippen LogP contribution in [0, 0.1) is 0 Å². The molecule has 2 aliphatic heterocycles. The lowest BCUT2D eigenvalue weighted by atomic mass is 10.0. The molecule has 6 nitrogen and oxygen atoms in total. The molecule has 7 heteroatoms. The minimum absolute atomic E-state index is 0.147. The van der Waals surface area contributed by atoms with E-state index >= 15 is 0 Å². The Morgan fingerprint density at radius 3 is 2.95 bits per heavy atom. The van der Waals surface area contributed by atoms with Crippen molar-refractivity contribution in [3.8, 4) is 0 Å². The van der Waals surface area contributed by atoms with Crippen molar-refractivity contribution in [2.75, 3.05) is 30.7 Å². The first kappa shape index (κ1) is 15.5. The number of carbonyl (C=O) groups is 1. The number of nitrogens with zero attached hydrogens (tertiary/aromatic N) is 1. The van der Waals surface area contributed by atoms with Gasteiger partial charge in [-0.15, -0.1) is 0 Å². The molecule has 1 aromatic rings. The van der Waals surface area contributed by atoms with Crippen molar-refractivity contribution in [1.29, 1.82) is 0 Å². The van der Waals surface area contributed by atoms with Crippen molar-refractivity contribution in [2.45, 2.75) is 25.8 Å². The first-order valence-electron chi connectivity index (χ1n) is 7.65. The lowest BCUT2D eigenvalue weighted by molar-refractivity contribution is -0.116. The Kier molecular flexibility index (Phi) is 4.46. The van der Waals surface area contributed by atoms with Gasteiger partial charge in [-0.2, -0.15) is 0 Å². The molecule has 1 saturated heterocycles. The highest BCUT2D eigenvalue weighted by Gasteiger charge is 2.28. The third kappa shape index (κ3) is 3.48. The van der Waals surface area contributed by atoms with E-state index < -0.39 is 10.0 Å². The Labute approximate surface area is 130 Å². The molecule has 0 atom stereocenters. The van der Waals surface area contributed by atoms with Gasteiger partial charge in [0.15, 0.2) is 0 Å². The second kappa shape index (κ2) is 6.36. The summed E-state index contributed by atoms with van der Waals surface area (Å²) in [6.07, 6.45) is 1.85. The highest BCUT2D eigenvalue weighted by atomic mass is 32.2. The molecule has 1 fully saturated rings. The maximum absolute atomic E-state index is 12.0. The van der Waals surface area contributed by atoms with Crippen LogP contribution in [0.2, 0.25) is 0 Å². The van der Waals surface area contributed by atoms with Gasteiger partial charge < -0.3 is 10.6 Å². The highest BCUT2D eigenvalue weighted by Crippen LogP contribution is 2.19. The van der Waals surface area contributed by atoms with Gasteiger partial charge in [0.05, 0.1) is 5.75 Å². The molecule has 0 saturated carbocycles. The van der Waals surface area contributed by atoms with Gasteiger partial charge in [-0.25, -0.2) is 12.7 Å². The molecule has 0 aliphatic carbocycles. The van der Waals surface area contributed by atoms with E-state index in [0.29, 0.717) is 13.0 Å². The standard InChI is InChI=1S/C15H21N3O3S/c19-15(5-8-18-7-1-9-22(18,20)21)17-14-3-2-12-4-6-16-11-13(12)10-14/h2-3,10,16H,1,4-9,11H2,(H,17,19). The van der Waals surface area contributed by atoms with Crippen molar-refractivity contribution >= 4 is 21.6 Å². The molecule has 1 aromatic carbocycles. The smallest absolute Gasteiger partial charge is 0.225 e. The van der Waals surface area contributed by atoms with E-state index in [4.69, 9.17) is 0 Å². The summed E-state index contributed by atoms with van der Waals surface area (Å²) in [5.41, 5.74) is 3.31. The number of amides is 1. The topological polar surface area (TPSA) is 78.5 Å². The second-order valence-corrected chi connectivity index (χ2v) is 7.87. The third-order valence-corrected chi connectivity index (χ3v) is 6.12. The van der Waals surface area contributed by atoms with Gasteiger partial charge in [0.2, 0.25) is 15.9 Å². The lowest BCUT2D eigenvalue weighted by Crippen LogP contribution is -2.29. The molecule has 2 heterocycles. The predicted octanol–water partition coefficient (Wildman–Crippen LogP) is 0.696. The molecule has 120 valence electrons. The Morgan fingerprint density at radius 1 is 1.32 bits per heavy atom. The molecule has 0 unspecified atom stereocenters. The number of hydrogen-bond acceptors (Lipinski definition) is 4. The number of sulfonamides is 1. The van der Waals surface area contributed by atoms with E-state index in [1.165, 1.54) is 15.4 Å². The van der Waals surface area contributed by atoms with Crippen LogP contribution in [0.15, 0.2) is 18.2 Å². The quantitative estimate of drug-likeness (QED) is 0.855. The fourth-order valence-electron chi connectivity index (χ4n) is 2.95. The molecule has 0 radical (unpaired) electrons. The zero-order valence-corrected chi connectivity index (χ0v) is 13.3. The van der Waals surface area contributed by atoms with Gasteiger partial charge >= 0.3 is 0 Å². The minimum Gasteiger partial charge on any atom is -0.326 e. The molecule has 0 bridgehead atoms. The zero-order chi connectivity index (χ0) is 15.6. The van der Waals surface area contributed by atoms with Crippen molar-refractivity contribution < 1.29 is 13.2 Å². The van der Waals surface area contributed by atoms with Crippen LogP contribution < -0.4 is 10.6 Å². The predicted molar refractivity (Wildman–Crippen MR) is 85.1 cm³/mol. The monoisotopic (exact) mass is 323 g/mol. The van der Waals surface area contributed by atoms with E-state index in [-0.39, 0.29) is 24.6 Å². The van der Waals surface area contributed by atoms with Crippen LogP contribution in [0.3, 0.4) is 0 Å². The largest absolute Gasteiger partial charge is 0.326 e. The summed E-state index contributed by atoms with van der Waals surface area (Å²) in [6.45, 7) is 2.61. The fraction of sp³-hybridized carbons (Fsp3) is 0.533. The molecule has 22 heavy (non-hydrogen) atoms. The van der Waals surface area contributed by atoms with E-state index in [2.05, 4.69) is 16.7 Å². The highest BCUT2D eigenvalue weighted by molar-refractivity contribution is 7.89. The summed E-state index contributed by atoms with van der Waals surface area (Å²) in [5.74, 6) is 0.0534. The number of carbonyl (C=O) groups excluding carboxylic acids is 1. The average Bonchev–Trinajstić information content (AvgIpc) is 2.84. The summed E-state index contributed by atoms with van der Waals surface area (Å²) >= 11 is 0. The van der Waals surface area contributed by atoms with E-state index in [9.17, 15) is 13.2 Å². The van der Waals surface area contributed by atoms with E-state index in [1.807, 2.05) is 12.1 Å². The molecular formula is C15H21N3O3S. The molecule has 0 aromatic heterocycles. The van der Waals surface area contributed by atoms with Crippen LogP contribution in [-0.4, -0.2) is 44.0 Å². The maximum Gasteiger partial charge on any atom is 0.225 e. The van der Waals surface area contributed by atoms with Gasteiger partial charge in [0.1, 0.15) is 0 Å². The number of hydrogen-bond donors (Lipinski definition) is 2. The number of benzene rings is 1. The van der Waals surface area contributed by atoms with Crippen molar-refractivity contribution in [1.82, 2.24) is 9.62 Å². The first-order valence-corrected chi connectivity index (χ1v) is 9.26. The molecule has 2 N–H and O–H groups in total. The van der Waals surface area contributed by atoms with Crippen LogP contribution >= 0.6 is 0 Å². The van der Waals surface area contributed by atoms with Gasteiger partial charge in [0.25, 0.3) is 0 Å². The molecule has 2 aliphatic rings. The summed E-state index contributed by atoms with van der Waals surface area (Å²) < 4.78 is 24.8. The third-order valence-electron chi connectivity index (χ3n) is 4.17. The molecular weight excluding hydrogens is 302 g/mol. The normalized spacial score (nSPS) is 20.5.